The lowest BCUT2D eigenvalue weighted by Gasteiger charge is -2.68. The molecule has 2 unspecified atom stereocenters. The summed E-state index contributed by atoms with van der Waals surface area (Å²) in [7, 11) is 0. The molecule has 16 heavy (non-hydrogen) atoms. The second-order valence-corrected chi connectivity index (χ2v) is 6.11. The first kappa shape index (κ1) is 10.4. The first-order valence-corrected chi connectivity index (χ1v) is 6.59. The minimum atomic E-state index is -0.207. The summed E-state index contributed by atoms with van der Waals surface area (Å²) in [6.45, 7) is 3.79. The molecule has 0 aromatic carbocycles. The van der Waals surface area contributed by atoms with E-state index in [4.69, 9.17) is 4.74 Å². The van der Waals surface area contributed by atoms with Gasteiger partial charge in [0.1, 0.15) is 0 Å². The van der Waals surface area contributed by atoms with E-state index in [-0.39, 0.29) is 19.2 Å². The molecule has 3 rings (SSSR count). The Morgan fingerprint density at radius 1 is 1.50 bits per heavy atom. The van der Waals surface area contributed by atoms with Crippen LogP contribution in [-0.4, -0.2) is 17.7 Å². The summed E-state index contributed by atoms with van der Waals surface area (Å²) in [5.74, 6) is 2.58. The van der Waals surface area contributed by atoms with Crippen LogP contribution < -0.4 is 5.32 Å². The number of alkyl carbamates (subject to hydrolysis) is 1. The van der Waals surface area contributed by atoms with Gasteiger partial charge in [-0.2, -0.15) is 0 Å². The maximum atomic E-state index is 11.7. The van der Waals surface area contributed by atoms with Gasteiger partial charge in [0, 0.05) is 6.97 Å². The van der Waals surface area contributed by atoms with Gasteiger partial charge in [0.2, 0.25) is 0 Å². The number of carbonyl (C=O) groups is 1. The molecule has 3 saturated carbocycles. The van der Waals surface area contributed by atoms with E-state index < -0.39 is 0 Å². The fourth-order valence-corrected chi connectivity index (χ4v) is 4.32. The topological polar surface area (TPSA) is 38.3 Å². The van der Waals surface area contributed by atoms with Gasteiger partial charge in [-0.05, 0) is 57.3 Å². The highest BCUT2D eigenvalue weighted by Gasteiger charge is 2.64. The third kappa shape index (κ3) is 1.36. The summed E-state index contributed by atoms with van der Waals surface area (Å²) < 4.78 is 5.20. The lowest BCUT2D eigenvalue weighted by molar-refractivity contribution is -0.152. The van der Waals surface area contributed by atoms with Crippen molar-refractivity contribution < 1.29 is 11.0 Å². The quantitative estimate of drug-likeness (QED) is 0.784. The highest BCUT2D eigenvalue weighted by Crippen LogP contribution is 2.65. The van der Waals surface area contributed by atoms with E-state index in [1.165, 1.54) is 25.7 Å². The molecule has 0 bridgehead atoms. The Bertz CT molecular complexity index is 315. The van der Waals surface area contributed by atoms with Crippen LogP contribution >= 0.6 is 0 Å². The van der Waals surface area contributed by atoms with Crippen molar-refractivity contribution in [3.8, 4) is 0 Å². The van der Waals surface area contributed by atoms with E-state index in [1.807, 2.05) is 13.8 Å². The van der Waals surface area contributed by atoms with Gasteiger partial charge in [0.05, 0.1) is 6.10 Å². The Kier molecular flexibility index (Phi) is 2.20. The lowest BCUT2D eigenvalue weighted by Crippen LogP contribution is -2.72. The van der Waals surface area contributed by atoms with Gasteiger partial charge in [-0.1, -0.05) is 6.42 Å². The van der Waals surface area contributed by atoms with Crippen molar-refractivity contribution in [2.75, 3.05) is 0 Å². The molecular weight excluding hydrogens is 202 g/mol. The van der Waals surface area contributed by atoms with Gasteiger partial charge in [0.25, 0.3) is 0 Å². The molecule has 3 fully saturated rings. The van der Waals surface area contributed by atoms with Gasteiger partial charge in [-0.15, -0.1) is 0 Å². The van der Waals surface area contributed by atoms with Gasteiger partial charge in [-0.3, -0.25) is 0 Å². The normalized spacial score (nSPS) is 44.1. The molecule has 1 amide bonds. The molecule has 0 aromatic rings. The molecule has 0 aliphatic heterocycles. The minimum Gasteiger partial charge on any atom is -0.447 e. The SMILES string of the molecule is CC(C)OC(=O)NC12CCC[C@@H]3C[C@H](C1)C32.[HH]. The average molecular weight is 225 g/mol. The predicted molar refractivity (Wildman–Crippen MR) is 63.2 cm³/mol. The zero-order chi connectivity index (χ0) is 11.3. The summed E-state index contributed by atoms with van der Waals surface area (Å²) in [6, 6.07) is 0. The molecule has 0 spiro atoms. The zero-order valence-corrected chi connectivity index (χ0v) is 10.2. The van der Waals surface area contributed by atoms with Crippen molar-refractivity contribution in [1.29, 1.82) is 0 Å². The van der Waals surface area contributed by atoms with Crippen molar-refractivity contribution in [2.24, 2.45) is 17.8 Å². The summed E-state index contributed by atoms with van der Waals surface area (Å²) in [5.41, 5.74) is 0.123. The largest absolute Gasteiger partial charge is 0.447 e. The summed E-state index contributed by atoms with van der Waals surface area (Å²) in [6.07, 6.45) is 6.20. The monoisotopic (exact) mass is 225 g/mol. The average Bonchev–Trinajstić information content (AvgIpc) is 2.08. The van der Waals surface area contributed by atoms with Crippen LogP contribution in [0.2, 0.25) is 0 Å². The molecule has 0 heterocycles. The summed E-state index contributed by atoms with van der Waals surface area (Å²) in [5, 5.41) is 3.16. The number of ether oxygens (including phenoxy) is 1. The number of carbonyl (C=O) groups excluding carboxylic acids is 1. The third-order valence-electron chi connectivity index (χ3n) is 4.78. The van der Waals surface area contributed by atoms with E-state index in [2.05, 4.69) is 5.32 Å². The van der Waals surface area contributed by atoms with Gasteiger partial charge in [0.15, 0.2) is 0 Å². The van der Waals surface area contributed by atoms with Crippen LogP contribution in [0.5, 0.6) is 0 Å². The smallest absolute Gasteiger partial charge is 0.407 e. The Labute approximate surface area is 98.4 Å². The Hall–Kier alpha value is -0.730. The lowest BCUT2D eigenvalue weighted by atomic mass is 9.40. The zero-order valence-electron chi connectivity index (χ0n) is 10.2. The van der Waals surface area contributed by atoms with Crippen LogP contribution in [0.25, 0.3) is 0 Å². The van der Waals surface area contributed by atoms with E-state index >= 15 is 0 Å². The van der Waals surface area contributed by atoms with Crippen molar-refractivity contribution >= 4 is 6.09 Å². The summed E-state index contributed by atoms with van der Waals surface area (Å²) >= 11 is 0. The van der Waals surface area contributed by atoms with Crippen LogP contribution in [0.3, 0.4) is 0 Å². The van der Waals surface area contributed by atoms with E-state index in [0.29, 0.717) is 0 Å². The van der Waals surface area contributed by atoms with E-state index in [0.717, 1.165) is 24.2 Å². The molecular formula is C13H23NO2. The number of amides is 1. The molecule has 3 heteroatoms. The second kappa shape index (κ2) is 3.38. The van der Waals surface area contributed by atoms with E-state index in [1.54, 1.807) is 0 Å². The van der Waals surface area contributed by atoms with Crippen LogP contribution in [0.15, 0.2) is 0 Å². The minimum absolute atomic E-state index is 0. The molecule has 4 atom stereocenters. The second-order valence-electron chi connectivity index (χ2n) is 6.11. The highest BCUT2D eigenvalue weighted by molar-refractivity contribution is 5.69. The molecule has 3 aliphatic rings. The van der Waals surface area contributed by atoms with Crippen molar-refractivity contribution in [3.63, 3.8) is 0 Å². The fourth-order valence-electron chi connectivity index (χ4n) is 4.32. The number of rotatable bonds is 2. The van der Waals surface area contributed by atoms with Crippen molar-refractivity contribution in [2.45, 2.75) is 57.6 Å². The van der Waals surface area contributed by atoms with Crippen LogP contribution in [-0.2, 0) is 4.74 Å². The van der Waals surface area contributed by atoms with Crippen molar-refractivity contribution in [1.82, 2.24) is 5.32 Å². The van der Waals surface area contributed by atoms with Gasteiger partial charge >= 0.3 is 6.09 Å². The third-order valence-corrected chi connectivity index (χ3v) is 4.78. The Morgan fingerprint density at radius 3 is 3.00 bits per heavy atom. The van der Waals surface area contributed by atoms with E-state index in [9.17, 15) is 4.79 Å². The van der Waals surface area contributed by atoms with Crippen molar-refractivity contribution in [3.05, 3.63) is 0 Å². The summed E-state index contributed by atoms with van der Waals surface area (Å²) in [4.78, 5) is 11.7. The first-order chi connectivity index (χ1) is 7.61. The van der Waals surface area contributed by atoms with Crippen LogP contribution in [0, 0.1) is 17.8 Å². The van der Waals surface area contributed by atoms with Gasteiger partial charge < -0.3 is 10.1 Å². The van der Waals surface area contributed by atoms with Crippen LogP contribution in [0.4, 0.5) is 4.79 Å². The molecule has 3 nitrogen and oxygen atoms in total. The number of hydrogen-bond acceptors (Lipinski definition) is 2. The highest BCUT2D eigenvalue weighted by atomic mass is 16.6. The van der Waals surface area contributed by atoms with Gasteiger partial charge in [-0.25, -0.2) is 4.79 Å². The molecule has 92 valence electrons. The maximum absolute atomic E-state index is 11.7. The molecule has 0 radical (unpaired) electrons. The Morgan fingerprint density at radius 2 is 2.31 bits per heavy atom. The molecule has 3 aliphatic carbocycles. The molecule has 0 saturated heterocycles. The fraction of sp³-hybridized carbons (Fsp3) is 0.923. The predicted octanol–water partition coefficient (Wildman–Crippen LogP) is 2.95. The van der Waals surface area contributed by atoms with Crippen LogP contribution in [0.1, 0.15) is 47.4 Å². The first-order valence-electron chi connectivity index (χ1n) is 6.59. The number of nitrogens with one attached hydrogen (secondary N) is 1. The molecule has 1 N–H and O–H groups in total. The number of hydrogen-bond donors (Lipinski definition) is 1. The molecule has 0 aromatic heterocycles. The maximum Gasteiger partial charge on any atom is 0.407 e. The Balaban J connectivity index is 0.00000108. The standard InChI is InChI=1S/C13H21NO2.H2/c1-8(2)16-12(15)14-13-5-3-4-9-6-10(7-13)11(9)13;/h8-11H,3-7H2,1-2H3,(H,14,15);1H/t9-,10-,11?,13?;/m1./s1.